The molecule has 5 heteroatoms. The van der Waals surface area contributed by atoms with Gasteiger partial charge in [0.25, 0.3) is 0 Å². The van der Waals surface area contributed by atoms with Crippen molar-refractivity contribution in [3.8, 4) is 17.2 Å². The molecular formula is C8H9BrNO3. The third-order valence-corrected chi connectivity index (χ3v) is 2.01. The average molecular weight is 247 g/mol. The van der Waals surface area contributed by atoms with Crippen molar-refractivity contribution in [1.82, 2.24) is 4.98 Å². The fourth-order valence-corrected chi connectivity index (χ4v) is 1.33. The van der Waals surface area contributed by atoms with E-state index in [-0.39, 0.29) is 0 Å². The minimum absolute atomic E-state index is 0.419. The van der Waals surface area contributed by atoms with Crippen molar-refractivity contribution in [3.63, 3.8) is 0 Å². The van der Waals surface area contributed by atoms with Crippen LogP contribution < -0.4 is 14.2 Å². The number of hydrogen-bond acceptors (Lipinski definition) is 4. The predicted molar refractivity (Wildman–Crippen MR) is 50.4 cm³/mol. The van der Waals surface area contributed by atoms with Crippen molar-refractivity contribution < 1.29 is 14.2 Å². The topological polar surface area (TPSA) is 40.6 Å². The molecule has 0 amide bonds. The Labute approximate surface area is 85.0 Å². The van der Waals surface area contributed by atoms with Gasteiger partial charge in [0.2, 0.25) is 5.75 Å². The van der Waals surface area contributed by atoms with Gasteiger partial charge in [-0.2, -0.15) is 0 Å². The van der Waals surface area contributed by atoms with E-state index in [9.17, 15) is 0 Å². The van der Waals surface area contributed by atoms with Crippen molar-refractivity contribution >= 4 is 15.9 Å². The minimum atomic E-state index is 0.419. The second kappa shape index (κ2) is 4.32. The predicted octanol–water partition coefficient (Wildman–Crippen LogP) is 1.67. The smallest absolute Gasteiger partial charge is 0.208 e. The van der Waals surface area contributed by atoms with Crippen LogP contribution in [0.5, 0.6) is 17.2 Å². The number of ether oxygens (including phenoxy) is 3. The molecule has 0 saturated heterocycles. The summed E-state index contributed by atoms with van der Waals surface area (Å²) in [4.78, 5) is 3.89. The highest BCUT2D eigenvalue weighted by molar-refractivity contribution is 9.10. The van der Waals surface area contributed by atoms with Gasteiger partial charge in [0.05, 0.1) is 21.3 Å². The Kier molecular flexibility index (Phi) is 3.36. The van der Waals surface area contributed by atoms with Crippen LogP contribution in [0.15, 0.2) is 4.60 Å². The molecule has 0 spiro atoms. The number of nitrogens with zero attached hydrogens (tertiary/aromatic N) is 1. The number of halogens is 1. The molecule has 13 heavy (non-hydrogen) atoms. The molecule has 0 saturated carbocycles. The van der Waals surface area contributed by atoms with Gasteiger partial charge in [-0.1, -0.05) is 0 Å². The zero-order valence-corrected chi connectivity index (χ0v) is 9.14. The Morgan fingerprint density at radius 1 is 1.08 bits per heavy atom. The maximum absolute atomic E-state index is 5.09. The first-order valence-corrected chi connectivity index (χ1v) is 4.27. The van der Waals surface area contributed by atoms with E-state index >= 15 is 0 Å². The van der Waals surface area contributed by atoms with Gasteiger partial charge in [0.15, 0.2) is 16.1 Å². The summed E-state index contributed by atoms with van der Waals surface area (Å²) in [6.07, 6.45) is 2.66. The van der Waals surface area contributed by atoms with Crippen LogP contribution >= 0.6 is 15.9 Å². The third kappa shape index (κ3) is 1.85. The fourth-order valence-electron chi connectivity index (χ4n) is 0.899. The van der Waals surface area contributed by atoms with Gasteiger partial charge in [-0.3, -0.25) is 0 Å². The van der Waals surface area contributed by atoms with E-state index < -0.39 is 0 Å². The van der Waals surface area contributed by atoms with Gasteiger partial charge >= 0.3 is 0 Å². The summed E-state index contributed by atoms with van der Waals surface area (Å²) in [5.41, 5.74) is 0. The monoisotopic (exact) mass is 246 g/mol. The quantitative estimate of drug-likeness (QED) is 0.762. The molecule has 0 aliphatic heterocycles. The van der Waals surface area contributed by atoms with Gasteiger partial charge in [0.1, 0.15) is 6.20 Å². The van der Waals surface area contributed by atoms with Crippen molar-refractivity contribution in [3.05, 3.63) is 10.8 Å². The number of pyridine rings is 1. The van der Waals surface area contributed by atoms with Crippen LogP contribution in [-0.2, 0) is 0 Å². The highest BCUT2D eigenvalue weighted by atomic mass is 79.9. The first kappa shape index (κ1) is 10.1. The van der Waals surface area contributed by atoms with Crippen LogP contribution in [0.3, 0.4) is 0 Å². The minimum Gasteiger partial charge on any atom is -0.491 e. The van der Waals surface area contributed by atoms with Crippen molar-refractivity contribution in [2.75, 3.05) is 21.3 Å². The zero-order valence-electron chi connectivity index (χ0n) is 7.55. The lowest BCUT2D eigenvalue weighted by Crippen LogP contribution is -1.97. The van der Waals surface area contributed by atoms with Gasteiger partial charge in [-0.15, -0.1) is 0 Å². The van der Waals surface area contributed by atoms with Crippen molar-refractivity contribution in [2.45, 2.75) is 0 Å². The van der Waals surface area contributed by atoms with E-state index in [1.807, 2.05) is 0 Å². The Hall–Kier alpha value is -0.970. The molecule has 0 fully saturated rings. The molecule has 4 nitrogen and oxygen atoms in total. The summed E-state index contributed by atoms with van der Waals surface area (Å²) in [7, 11) is 4.58. The molecule has 0 aliphatic carbocycles. The molecule has 0 aliphatic rings. The molecule has 1 rings (SSSR count). The van der Waals surface area contributed by atoms with Crippen LogP contribution in [0.2, 0.25) is 0 Å². The number of aromatic nitrogens is 1. The largest absolute Gasteiger partial charge is 0.491 e. The molecule has 0 unspecified atom stereocenters. The lowest BCUT2D eigenvalue weighted by Gasteiger charge is -2.11. The van der Waals surface area contributed by atoms with E-state index in [1.54, 1.807) is 0 Å². The SMILES string of the molecule is COc1[c]nc(Br)c(OC)c1OC. The van der Waals surface area contributed by atoms with Gasteiger partial charge in [-0.05, 0) is 15.9 Å². The Morgan fingerprint density at radius 2 is 1.69 bits per heavy atom. The van der Waals surface area contributed by atoms with E-state index in [0.717, 1.165) is 0 Å². The molecule has 1 aromatic rings. The number of rotatable bonds is 3. The maximum Gasteiger partial charge on any atom is 0.208 e. The van der Waals surface area contributed by atoms with Gasteiger partial charge in [0, 0.05) is 0 Å². The summed E-state index contributed by atoms with van der Waals surface area (Å²) >= 11 is 3.21. The van der Waals surface area contributed by atoms with E-state index in [2.05, 4.69) is 27.1 Å². The lowest BCUT2D eigenvalue weighted by molar-refractivity contribution is 0.320. The zero-order chi connectivity index (χ0) is 9.84. The van der Waals surface area contributed by atoms with Crippen LogP contribution in [0.4, 0.5) is 0 Å². The van der Waals surface area contributed by atoms with Gasteiger partial charge in [-0.25, -0.2) is 4.98 Å². The summed E-state index contributed by atoms with van der Waals surface area (Å²) < 4.78 is 15.7. The summed E-state index contributed by atoms with van der Waals surface area (Å²) in [5, 5.41) is 0. The molecule has 0 aromatic carbocycles. The van der Waals surface area contributed by atoms with E-state index in [1.165, 1.54) is 21.3 Å². The maximum atomic E-state index is 5.09. The first-order chi connectivity index (χ1) is 6.24. The molecule has 0 N–H and O–H groups in total. The second-order valence-corrected chi connectivity index (χ2v) is 2.87. The second-order valence-electron chi connectivity index (χ2n) is 2.11. The number of hydrogen-bond donors (Lipinski definition) is 0. The van der Waals surface area contributed by atoms with Crippen molar-refractivity contribution in [1.29, 1.82) is 0 Å². The third-order valence-electron chi connectivity index (χ3n) is 1.47. The fraction of sp³-hybridized carbons (Fsp3) is 0.375. The average Bonchev–Trinajstić information content (AvgIpc) is 2.17. The summed E-state index contributed by atoms with van der Waals surface area (Å²) in [6, 6.07) is 0. The van der Waals surface area contributed by atoms with Crippen LogP contribution in [-0.4, -0.2) is 26.3 Å². The molecule has 1 heterocycles. The molecule has 1 radical (unpaired) electrons. The van der Waals surface area contributed by atoms with Crippen LogP contribution in [0.1, 0.15) is 0 Å². The Morgan fingerprint density at radius 3 is 2.15 bits per heavy atom. The standard InChI is InChI=1S/C8H9BrNO3/c1-11-5-4-10-8(9)7(13-3)6(5)12-2/h1-3H3. The molecular weight excluding hydrogens is 238 g/mol. The molecule has 0 bridgehead atoms. The Balaban J connectivity index is 3.27. The first-order valence-electron chi connectivity index (χ1n) is 3.47. The van der Waals surface area contributed by atoms with Crippen LogP contribution in [0, 0.1) is 6.20 Å². The lowest BCUT2D eigenvalue weighted by atomic mass is 10.4. The summed E-state index contributed by atoms with van der Waals surface area (Å²) in [5.74, 6) is 1.40. The molecule has 0 atom stereocenters. The molecule has 1 aromatic heterocycles. The van der Waals surface area contributed by atoms with Crippen molar-refractivity contribution in [2.24, 2.45) is 0 Å². The normalized spacial score (nSPS) is 9.54. The van der Waals surface area contributed by atoms with E-state index in [4.69, 9.17) is 14.2 Å². The Bertz CT molecular complexity index is 304. The summed E-state index contributed by atoms with van der Waals surface area (Å²) in [6.45, 7) is 0. The van der Waals surface area contributed by atoms with E-state index in [0.29, 0.717) is 21.9 Å². The highest BCUT2D eigenvalue weighted by Crippen LogP contribution is 2.39. The van der Waals surface area contributed by atoms with Gasteiger partial charge < -0.3 is 14.2 Å². The van der Waals surface area contributed by atoms with Crippen LogP contribution in [0.25, 0.3) is 0 Å². The highest BCUT2D eigenvalue weighted by Gasteiger charge is 2.15. The number of methoxy groups -OCH3 is 3. The molecule has 71 valence electrons.